The lowest BCUT2D eigenvalue weighted by atomic mass is 9.99. The van der Waals surface area contributed by atoms with Crippen LogP contribution in [0.3, 0.4) is 0 Å². The van der Waals surface area contributed by atoms with Gasteiger partial charge in [-0.1, -0.05) is 0 Å². The maximum absolute atomic E-state index is 12.5. The number of amides is 1. The number of benzene rings is 1. The third kappa shape index (κ3) is 3.94. The van der Waals surface area contributed by atoms with Crippen molar-refractivity contribution in [2.75, 3.05) is 20.5 Å². The molecule has 0 fully saturated rings. The van der Waals surface area contributed by atoms with Gasteiger partial charge < -0.3 is 24.6 Å². The monoisotopic (exact) mass is 378 g/mol. The van der Waals surface area contributed by atoms with Gasteiger partial charge in [-0.2, -0.15) is 0 Å². The van der Waals surface area contributed by atoms with E-state index in [9.17, 15) is 9.59 Å². The first-order valence-corrected chi connectivity index (χ1v) is 8.67. The molecule has 0 aliphatic carbocycles. The Kier molecular flexibility index (Phi) is 5.10. The number of fused-ring (bicyclic) bond motifs is 1. The fourth-order valence-electron chi connectivity index (χ4n) is 2.66. The first-order chi connectivity index (χ1) is 12.4. The van der Waals surface area contributed by atoms with Gasteiger partial charge in [-0.25, -0.2) is 4.98 Å². The van der Waals surface area contributed by atoms with Gasteiger partial charge in [0.05, 0.1) is 18.6 Å². The molecule has 1 unspecified atom stereocenters. The summed E-state index contributed by atoms with van der Waals surface area (Å²) in [6.45, 7) is 1.88. The van der Waals surface area contributed by atoms with Crippen LogP contribution in [0, 0.1) is 0 Å². The number of ether oxygens (including phenoxy) is 3. The van der Waals surface area contributed by atoms with Crippen molar-refractivity contribution in [2.24, 2.45) is 0 Å². The Labute approximate surface area is 153 Å². The number of carboxylic acid groups (broad SMARTS) is 1. The average Bonchev–Trinajstić information content (AvgIpc) is 3.22. The maximum atomic E-state index is 12.5. The number of hydrogen-bond acceptors (Lipinski definition) is 7. The van der Waals surface area contributed by atoms with Crippen molar-refractivity contribution < 1.29 is 28.9 Å². The molecule has 2 N–H and O–H groups in total. The molecule has 26 heavy (non-hydrogen) atoms. The highest BCUT2D eigenvalue weighted by molar-refractivity contribution is 7.13. The Morgan fingerprint density at radius 2 is 2.15 bits per heavy atom. The molecule has 9 heteroatoms. The summed E-state index contributed by atoms with van der Waals surface area (Å²) in [4.78, 5) is 27.9. The Morgan fingerprint density at radius 3 is 2.88 bits per heavy atom. The number of thiazole rings is 1. The van der Waals surface area contributed by atoms with Crippen LogP contribution in [0.1, 0.15) is 23.8 Å². The lowest BCUT2D eigenvalue weighted by Gasteiger charge is -2.28. The van der Waals surface area contributed by atoms with E-state index in [-0.39, 0.29) is 25.5 Å². The second-order valence-electron chi connectivity index (χ2n) is 6.12. The zero-order chi connectivity index (χ0) is 18.7. The molecule has 2 heterocycles. The van der Waals surface area contributed by atoms with Gasteiger partial charge >= 0.3 is 5.97 Å². The molecule has 2 aromatic rings. The minimum atomic E-state index is -1.03. The van der Waals surface area contributed by atoms with Crippen LogP contribution in [0.25, 0.3) is 10.6 Å². The van der Waals surface area contributed by atoms with E-state index in [1.54, 1.807) is 18.4 Å². The summed E-state index contributed by atoms with van der Waals surface area (Å²) >= 11 is 1.31. The smallest absolute Gasteiger partial charge is 0.305 e. The minimum Gasteiger partial charge on any atom is -0.481 e. The largest absolute Gasteiger partial charge is 0.481 e. The molecule has 1 aromatic heterocycles. The number of carboxylic acids is 1. The summed E-state index contributed by atoms with van der Waals surface area (Å²) < 4.78 is 15.7. The normalized spacial score (nSPS) is 14.7. The second-order valence-corrected chi connectivity index (χ2v) is 6.98. The number of rotatable bonds is 7. The molecule has 8 nitrogen and oxygen atoms in total. The van der Waals surface area contributed by atoms with Gasteiger partial charge in [-0.3, -0.25) is 9.59 Å². The summed E-state index contributed by atoms with van der Waals surface area (Å²) in [7, 11) is 1.45. The van der Waals surface area contributed by atoms with E-state index in [0.29, 0.717) is 16.5 Å². The lowest BCUT2D eigenvalue weighted by Crippen LogP contribution is -2.50. The Balaban J connectivity index is 1.76. The van der Waals surface area contributed by atoms with Crippen molar-refractivity contribution in [1.29, 1.82) is 0 Å². The van der Waals surface area contributed by atoms with Crippen LogP contribution in [0.15, 0.2) is 23.6 Å². The maximum Gasteiger partial charge on any atom is 0.305 e. The Bertz CT molecular complexity index is 836. The SMILES string of the molecule is COCC(C)(CC(=O)O)NC(=O)c1csc(-c2ccc3c(c2)OCO3)n1. The Morgan fingerprint density at radius 1 is 1.38 bits per heavy atom. The highest BCUT2D eigenvalue weighted by atomic mass is 32.1. The number of hydrogen-bond donors (Lipinski definition) is 2. The van der Waals surface area contributed by atoms with Gasteiger partial charge in [0.1, 0.15) is 10.7 Å². The van der Waals surface area contributed by atoms with Crippen molar-refractivity contribution in [3.05, 3.63) is 29.3 Å². The molecular formula is C17H18N2O6S. The summed E-state index contributed by atoms with van der Waals surface area (Å²) in [6, 6.07) is 5.44. The molecule has 0 bridgehead atoms. The van der Waals surface area contributed by atoms with Crippen molar-refractivity contribution in [3.63, 3.8) is 0 Å². The quantitative estimate of drug-likeness (QED) is 0.760. The molecule has 1 aliphatic heterocycles. The van der Waals surface area contributed by atoms with Gasteiger partial charge in [-0.15, -0.1) is 11.3 Å². The molecule has 1 aliphatic rings. The van der Waals surface area contributed by atoms with E-state index in [0.717, 1.165) is 5.56 Å². The van der Waals surface area contributed by atoms with Gasteiger partial charge in [-0.05, 0) is 25.1 Å². The van der Waals surface area contributed by atoms with Gasteiger partial charge in [0.25, 0.3) is 5.91 Å². The molecule has 1 atom stereocenters. The van der Waals surface area contributed by atoms with E-state index in [1.165, 1.54) is 18.4 Å². The molecule has 1 aromatic carbocycles. The third-order valence-electron chi connectivity index (χ3n) is 3.78. The molecule has 0 saturated carbocycles. The summed E-state index contributed by atoms with van der Waals surface area (Å²) in [5, 5.41) is 14.0. The van der Waals surface area contributed by atoms with Gasteiger partial charge in [0, 0.05) is 18.1 Å². The van der Waals surface area contributed by atoms with E-state index in [4.69, 9.17) is 19.3 Å². The topological polar surface area (TPSA) is 107 Å². The predicted octanol–water partition coefficient (Wildman–Crippen LogP) is 2.15. The van der Waals surface area contributed by atoms with Crippen molar-refractivity contribution in [2.45, 2.75) is 18.9 Å². The van der Waals surface area contributed by atoms with E-state index in [2.05, 4.69) is 10.3 Å². The van der Waals surface area contributed by atoms with Gasteiger partial charge in [0.15, 0.2) is 11.5 Å². The van der Waals surface area contributed by atoms with Crippen LogP contribution in [-0.2, 0) is 9.53 Å². The molecule has 3 rings (SSSR count). The average molecular weight is 378 g/mol. The highest BCUT2D eigenvalue weighted by Gasteiger charge is 2.30. The van der Waals surface area contributed by atoms with Crippen LogP contribution in [-0.4, -0.2) is 48.0 Å². The standard InChI is InChI=1S/C17H18N2O6S/c1-17(8-23-2,6-14(20)21)19-15(22)11-7-26-16(18-11)10-3-4-12-13(5-10)25-9-24-12/h3-5,7H,6,8-9H2,1-2H3,(H,19,22)(H,20,21). The summed E-state index contributed by atoms with van der Waals surface area (Å²) in [5.41, 5.74) is -0.000850. The zero-order valence-electron chi connectivity index (χ0n) is 14.3. The number of carbonyl (C=O) groups is 2. The highest BCUT2D eigenvalue weighted by Crippen LogP contribution is 2.36. The number of nitrogens with zero attached hydrogens (tertiary/aromatic N) is 1. The van der Waals surface area contributed by atoms with Crippen LogP contribution in [0.2, 0.25) is 0 Å². The van der Waals surface area contributed by atoms with Crippen molar-refractivity contribution in [3.8, 4) is 22.1 Å². The summed E-state index contributed by atoms with van der Waals surface area (Å²) in [6.07, 6.45) is -0.258. The number of nitrogens with one attached hydrogen (secondary N) is 1. The Hall–Kier alpha value is -2.65. The fraction of sp³-hybridized carbons (Fsp3) is 0.353. The second kappa shape index (κ2) is 7.30. The number of carbonyl (C=O) groups excluding carboxylic acids is 1. The van der Waals surface area contributed by atoms with Crippen LogP contribution in [0.5, 0.6) is 11.5 Å². The van der Waals surface area contributed by atoms with Crippen LogP contribution < -0.4 is 14.8 Å². The summed E-state index contributed by atoms with van der Waals surface area (Å²) in [5.74, 6) is -0.164. The van der Waals surface area contributed by atoms with Crippen LogP contribution in [0.4, 0.5) is 0 Å². The van der Waals surface area contributed by atoms with Crippen LogP contribution >= 0.6 is 11.3 Å². The molecular weight excluding hydrogens is 360 g/mol. The van der Waals surface area contributed by atoms with Crippen molar-refractivity contribution in [1.82, 2.24) is 10.3 Å². The number of aliphatic carboxylic acids is 1. The third-order valence-corrected chi connectivity index (χ3v) is 4.67. The zero-order valence-corrected chi connectivity index (χ0v) is 15.1. The van der Waals surface area contributed by atoms with E-state index >= 15 is 0 Å². The molecule has 0 radical (unpaired) electrons. The number of methoxy groups -OCH3 is 1. The molecule has 1 amide bonds. The fourth-order valence-corrected chi connectivity index (χ4v) is 3.46. The molecule has 0 saturated heterocycles. The van der Waals surface area contributed by atoms with Gasteiger partial charge in [0.2, 0.25) is 6.79 Å². The van der Waals surface area contributed by atoms with Crippen molar-refractivity contribution >= 4 is 23.2 Å². The lowest BCUT2D eigenvalue weighted by molar-refractivity contribution is -0.139. The number of aromatic nitrogens is 1. The van der Waals surface area contributed by atoms with E-state index < -0.39 is 17.4 Å². The minimum absolute atomic E-state index is 0.0736. The molecule has 0 spiro atoms. The first-order valence-electron chi connectivity index (χ1n) is 7.79. The van der Waals surface area contributed by atoms with E-state index in [1.807, 2.05) is 12.1 Å². The molecule has 138 valence electrons. The first kappa shape index (κ1) is 18.2. The predicted molar refractivity (Wildman–Crippen MR) is 93.7 cm³/mol.